The first kappa shape index (κ1) is 22.7. The van der Waals surface area contributed by atoms with E-state index < -0.39 is 11.8 Å². The molecular weight excluding hydrogens is 222 g/mol. The molecule has 0 heterocycles. The van der Waals surface area contributed by atoms with E-state index in [0.29, 0.717) is 0 Å². The number of hydrogen-bond donors (Lipinski definition) is 4. The first-order valence-electron chi connectivity index (χ1n) is 1.74. The second kappa shape index (κ2) is 13.7. The zero-order valence-electron chi connectivity index (χ0n) is 6.79. The minimum Gasteiger partial charge on any atom is -1.00 e. The molecule has 6 N–H and O–H groups in total. The van der Waals surface area contributed by atoms with Gasteiger partial charge in [-0.15, -0.1) is 24.8 Å². The molecule has 0 unspecified atom stereocenters. The van der Waals surface area contributed by atoms with Crippen molar-refractivity contribution in [3.63, 3.8) is 0 Å². The third-order valence-electron chi connectivity index (χ3n) is 0.468. The summed E-state index contributed by atoms with van der Waals surface area (Å²) in [5.74, 6) is 7.13. The van der Waals surface area contributed by atoms with Crippen LogP contribution in [-0.2, 0) is 9.59 Å². The van der Waals surface area contributed by atoms with E-state index in [9.17, 15) is 9.59 Å². The topological polar surface area (TPSA) is 110 Å². The van der Waals surface area contributed by atoms with Crippen LogP contribution in [0, 0.1) is 0 Å². The summed E-state index contributed by atoms with van der Waals surface area (Å²) in [7, 11) is 0. The molecule has 0 aromatic carbocycles. The second-order valence-corrected chi connectivity index (χ2v) is 0.947. The molecule has 0 aromatic rings. The minimum atomic E-state index is -0.965. The van der Waals surface area contributed by atoms with E-state index in [1.54, 1.807) is 10.9 Å². The van der Waals surface area contributed by atoms with Gasteiger partial charge in [0, 0.05) is 0 Å². The Kier molecular flexibility index (Phi) is 28.2. The number of rotatable bonds is 0. The van der Waals surface area contributed by atoms with Gasteiger partial charge in [-0.05, 0) is 0 Å². The molecule has 2 amide bonds. The van der Waals surface area contributed by atoms with Crippen molar-refractivity contribution in [1.29, 1.82) is 0 Å². The van der Waals surface area contributed by atoms with Crippen LogP contribution in [0.4, 0.5) is 0 Å². The third-order valence-corrected chi connectivity index (χ3v) is 0.468. The van der Waals surface area contributed by atoms with Gasteiger partial charge in [-0.1, -0.05) is 0 Å². The number of hydrogen-bond acceptors (Lipinski definition) is 4. The molecule has 0 aliphatic heterocycles. The van der Waals surface area contributed by atoms with Crippen LogP contribution in [0.25, 0.3) is 0 Å². The Morgan fingerprint density at radius 3 is 1.27 bits per heavy atom. The van der Waals surface area contributed by atoms with Crippen molar-refractivity contribution in [3.8, 4) is 0 Å². The van der Waals surface area contributed by atoms with Gasteiger partial charge in [0.1, 0.15) is 0 Å². The number of amides is 2. The van der Waals surface area contributed by atoms with E-state index in [2.05, 4.69) is 11.7 Å². The van der Waals surface area contributed by atoms with Crippen molar-refractivity contribution in [1.82, 2.24) is 10.9 Å². The van der Waals surface area contributed by atoms with Crippen molar-refractivity contribution in [2.45, 2.75) is 0 Å². The molecule has 0 spiro atoms. The molecule has 64 valence electrons. The van der Waals surface area contributed by atoms with Crippen LogP contribution in [0.15, 0.2) is 0 Å². The van der Waals surface area contributed by atoms with Crippen LogP contribution in [0.5, 0.6) is 0 Å². The van der Waals surface area contributed by atoms with Crippen molar-refractivity contribution in [2.75, 3.05) is 0 Å². The van der Waals surface area contributed by atoms with Crippen molar-refractivity contribution >= 4 is 36.6 Å². The van der Waals surface area contributed by atoms with Gasteiger partial charge in [0.2, 0.25) is 0 Å². The molecule has 0 aliphatic carbocycles. The Morgan fingerprint density at radius 1 is 1.00 bits per heavy atom. The molecule has 0 rings (SSSR count). The molecule has 0 fully saturated rings. The number of carbonyl (C=O) groups is 2. The molecule has 0 saturated heterocycles. The summed E-state index contributed by atoms with van der Waals surface area (Å²) < 4.78 is 0. The fourth-order valence-electron chi connectivity index (χ4n) is 0.131. The average Bonchev–Trinajstić information content (AvgIpc) is 1.84. The van der Waals surface area contributed by atoms with E-state index in [-0.39, 0.29) is 77.6 Å². The van der Waals surface area contributed by atoms with Gasteiger partial charge in [0.25, 0.3) is 0 Å². The Morgan fingerprint density at radius 2 is 1.18 bits per heavy atom. The summed E-state index contributed by atoms with van der Waals surface area (Å²) in [6, 6.07) is 0. The Bertz CT molecular complexity index is 114. The maximum absolute atomic E-state index is 10.0. The van der Waals surface area contributed by atoms with E-state index in [0.717, 1.165) is 0 Å². The SMILES string of the molecule is Cl.Cl.NNC(=O)C(=O)NN.[H-].[K+]. The molecule has 11 heavy (non-hydrogen) atoms. The summed E-state index contributed by atoms with van der Waals surface area (Å²) >= 11 is 0. The summed E-state index contributed by atoms with van der Waals surface area (Å²) in [4.78, 5) is 20.0. The standard InChI is InChI=1S/C2H6N4O2.2ClH.K.H/c3-5-1(7)2(8)6-4;;;;/h3-4H2,(H,5,7)(H,6,8);2*1H;;/q;;;+1;-1. The predicted molar refractivity (Wildman–Crippen MR) is 40.3 cm³/mol. The number of nitrogens with two attached hydrogens (primary N) is 2. The fourth-order valence-corrected chi connectivity index (χ4v) is 0.131. The van der Waals surface area contributed by atoms with E-state index in [4.69, 9.17) is 0 Å². The van der Waals surface area contributed by atoms with E-state index in [1.807, 2.05) is 0 Å². The van der Waals surface area contributed by atoms with Crippen LogP contribution in [0.2, 0.25) is 0 Å². The molecule has 0 radical (unpaired) electrons. The van der Waals surface area contributed by atoms with Crippen LogP contribution in [-0.4, -0.2) is 11.8 Å². The monoisotopic (exact) mass is 230 g/mol. The van der Waals surface area contributed by atoms with Crippen LogP contribution < -0.4 is 73.9 Å². The molecule has 9 heteroatoms. The summed E-state index contributed by atoms with van der Waals surface area (Å²) in [6.07, 6.45) is 0. The Balaban J connectivity index is -0.0000000408. The normalized spacial score (nSPS) is 5.64. The third kappa shape index (κ3) is 11.1. The van der Waals surface area contributed by atoms with Gasteiger partial charge in [0.05, 0.1) is 0 Å². The molecule has 0 aromatic heterocycles. The largest absolute Gasteiger partial charge is 1.00 e. The van der Waals surface area contributed by atoms with Crippen molar-refractivity contribution < 1.29 is 62.4 Å². The molecule has 0 aliphatic rings. The van der Waals surface area contributed by atoms with E-state index in [1.165, 1.54) is 0 Å². The van der Waals surface area contributed by atoms with Gasteiger partial charge in [0.15, 0.2) is 0 Å². The summed E-state index contributed by atoms with van der Waals surface area (Å²) in [6.45, 7) is 0. The van der Waals surface area contributed by atoms with E-state index >= 15 is 0 Å². The molecule has 0 saturated carbocycles. The number of carbonyl (C=O) groups excluding carboxylic acids is 2. The van der Waals surface area contributed by atoms with Crippen LogP contribution in [0.1, 0.15) is 1.43 Å². The number of hydrazine groups is 2. The number of halogens is 2. The predicted octanol–water partition coefficient (Wildman–Crippen LogP) is -5.07. The van der Waals surface area contributed by atoms with Crippen molar-refractivity contribution in [2.24, 2.45) is 11.7 Å². The van der Waals surface area contributed by atoms with Gasteiger partial charge >= 0.3 is 63.2 Å². The van der Waals surface area contributed by atoms with Crippen LogP contribution >= 0.6 is 24.8 Å². The number of nitrogens with one attached hydrogen (secondary N) is 2. The smallest absolute Gasteiger partial charge is 1.00 e. The summed E-state index contributed by atoms with van der Waals surface area (Å²) in [5.41, 5.74) is 3.17. The Labute approximate surface area is 120 Å². The maximum atomic E-state index is 10.0. The molecule has 0 atom stereocenters. The first-order valence-corrected chi connectivity index (χ1v) is 1.74. The zero-order valence-corrected chi connectivity index (χ0v) is 10.5. The molecule has 6 nitrogen and oxygen atoms in total. The second-order valence-electron chi connectivity index (χ2n) is 0.947. The minimum absolute atomic E-state index is 0. The van der Waals surface area contributed by atoms with Gasteiger partial charge < -0.3 is 1.43 Å². The fraction of sp³-hybridized carbons (Fsp3) is 0. The van der Waals surface area contributed by atoms with Gasteiger partial charge in [-0.3, -0.25) is 20.4 Å². The quantitative estimate of drug-likeness (QED) is 0.110. The van der Waals surface area contributed by atoms with Crippen molar-refractivity contribution in [3.05, 3.63) is 0 Å². The molecular formula is C2H9Cl2KN4O2. The zero-order chi connectivity index (χ0) is 6.57. The van der Waals surface area contributed by atoms with Gasteiger partial charge in [-0.25, -0.2) is 11.7 Å². The maximum Gasteiger partial charge on any atom is 1.00 e. The summed E-state index contributed by atoms with van der Waals surface area (Å²) in [5, 5.41) is 0. The van der Waals surface area contributed by atoms with Gasteiger partial charge in [-0.2, -0.15) is 0 Å². The molecule has 0 bridgehead atoms. The first-order chi connectivity index (χ1) is 3.72. The Hall–Kier alpha value is 1.08. The average molecular weight is 231 g/mol. The van der Waals surface area contributed by atoms with Crippen LogP contribution in [0.3, 0.4) is 0 Å².